The van der Waals surface area contributed by atoms with Crippen molar-refractivity contribution in [3.63, 3.8) is 0 Å². The Bertz CT molecular complexity index is 1060. The molecule has 162 valence electrons. The highest BCUT2D eigenvalue weighted by Crippen LogP contribution is 2.27. The van der Waals surface area contributed by atoms with Crippen molar-refractivity contribution in [2.75, 3.05) is 40.3 Å². The Morgan fingerprint density at radius 1 is 1.00 bits per heavy atom. The molecule has 5 heteroatoms. The number of phenolic OH excluding ortho intramolecular Hbond substituents is 1. The van der Waals surface area contributed by atoms with Crippen molar-refractivity contribution in [2.45, 2.75) is 18.9 Å². The quantitative estimate of drug-likeness (QED) is 0.618. The van der Waals surface area contributed by atoms with Crippen molar-refractivity contribution >= 4 is 16.7 Å². The van der Waals surface area contributed by atoms with E-state index in [1.165, 1.54) is 0 Å². The summed E-state index contributed by atoms with van der Waals surface area (Å²) in [6.07, 6.45) is 2.22. The number of carbonyl (C=O) groups is 1. The van der Waals surface area contributed by atoms with Crippen LogP contribution in [0.3, 0.4) is 0 Å². The van der Waals surface area contributed by atoms with E-state index in [1.807, 2.05) is 61.5 Å². The normalized spacial score (nSPS) is 16.2. The first-order chi connectivity index (χ1) is 15.0. The molecule has 0 bridgehead atoms. The van der Waals surface area contributed by atoms with Gasteiger partial charge in [0.25, 0.3) is 5.91 Å². The molecule has 1 saturated heterocycles. The molecule has 1 heterocycles. The number of amides is 1. The second kappa shape index (κ2) is 9.50. The van der Waals surface area contributed by atoms with Gasteiger partial charge < -0.3 is 19.6 Å². The van der Waals surface area contributed by atoms with Gasteiger partial charge in [-0.2, -0.15) is 0 Å². The number of ether oxygens (including phenoxy) is 1. The van der Waals surface area contributed by atoms with E-state index in [9.17, 15) is 9.90 Å². The summed E-state index contributed by atoms with van der Waals surface area (Å²) in [7, 11) is 4.05. The SMILES string of the molecule is CN(C)CCN(CC1CCCO1)C(=O)c1ccc2cc(-c3cccc(O)c3)ccc2c1. The summed E-state index contributed by atoms with van der Waals surface area (Å²) in [5.74, 6) is 0.305. The number of aromatic hydroxyl groups is 1. The molecule has 4 rings (SSSR count). The Kier molecular flexibility index (Phi) is 6.54. The van der Waals surface area contributed by atoms with E-state index in [0.717, 1.165) is 47.9 Å². The van der Waals surface area contributed by atoms with E-state index < -0.39 is 0 Å². The standard InChI is InChI=1S/C26H30N2O3/c1-27(2)12-13-28(18-25-7-4-14-31-25)26(30)23-11-10-21-15-20(8-9-22(21)16-23)19-5-3-6-24(29)17-19/h3,5-6,8-11,15-17,25,29H,4,7,12-14,18H2,1-2H3. The van der Waals surface area contributed by atoms with Crippen LogP contribution in [-0.4, -0.2) is 67.3 Å². The van der Waals surface area contributed by atoms with Crippen molar-refractivity contribution in [1.29, 1.82) is 0 Å². The number of benzene rings is 3. The average molecular weight is 419 g/mol. The summed E-state index contributed by atoms with van der Waals surface area (Å²) in [4.78, 5) is 17.4. The lowest BCUT2D eigenvalue weighted by Crippen LogP contribution is -2.41. The van der Waals surface area contributed by atoms with Crippen molar-refractivity contribution in [1.82, 2.24) is 9.80 Å². The predicted octanol–water partition coefficient (Wildman–Crippen LogP) is 4.40. The fourth-order valence-electron chi connectivity index (χ4n) is 4.06. The van der Waals surface area contributed by atoms with Gasteiger partial charge in [-0.1, -0.05) is 30.3 Å². The van der Waals surface area contributed by atoms with E-state index >= 15 is 0 Å². The third-order valence-corrected chi connectivity index (χ3v) is 5.82. The topological polar surface area (TPSA) is 53.0 Å². The van der Waals surface area contributed by atoms with E-state index in [4.69, 9.17) is 4.74 Å². The molecule has 1 N–H and O–H groups in total. The maximum atomic E-state index is 13.3. The van der Waals surface area contributed by atoms with E-state index in [1.54, 1.807) is 12.1 Å². The molecule has 0 saturated carbocycles. The van der Waals surface area contributed by atoms with Crippen LogP contribution in [0, 0.1) is 0 Å². The first-order valence-corrected chi connectivity index (χ1v) is 10.9. The van der Waals surface area contributed by atoms with Crippen molar-refractivity contribution in [2.24, 2.45) is 0 Å². The second-order valence-corrected chi connectivity index (χ2v) is 8.52. The van der Waals surface area contributed by atoms with Crippen LogP contribution < -0.4 is 0 Å². The molecule has 1 unspecified atom stereocenters. The first-order valence-electron chi connectivity index (χ1n) is 10.9. The number of likely N-dealkylation sites (N-methyl/N-ethyl adjacent to an activating group) is 1. The van der Waals surface area contributed by atoms with Gasteiger partial charge in [0.05, 0.1) is 6.10 Å². The number of phenols is 1. The molecule has 1 amide bonds. The minimum Gasteiger partial charge on any atom is -0.508 e. The highest BCUT2D eigenvalue weighted by atomic mass is 16.5. The maximum absolute atomic E-state index is 13.3. The minimum atomic E-state index is 0.0521. The van der Waals surface area contributed by atoms with Gasteiger partial charge >= 0.3 is 0 Å². The zero-order valence-electron chi connectivity index (χ0n) is 18.3. The summed E-state index contributed by atoms with van der Waals surface area (Å²) in [5.41, 5.74) is 2.70. The second-order valence-electron chi connectivity index (χ2n) is 8.52. The Hall–Kier alpha value is -2.89. The van der Waals surface area contributed by atoms with Gasteiger partial charge in [0.2, 0.25) is 0 Å². The lowest BCUT2D eigenvalue weighted by molar-refractivity contribution is 0.0512. The van der Waals surface area contributed by atoms with Gasteiger partial charge in [-0.25, -0.2) is 0 Å². The highest BCUT2D eigenvalue weighted by Gasteiger charge is 2.23. The van der Waals surface area contributed by atoms with Gasteiger partial charge in [-0.3, -0.25) is 4.79 Å². The number of nitrogens with zero attached hydrogens (tertiary/aromatic N) is 2. The van der Waals surface area contributed by atoms with Crippen LogP contribution in [0.4, 0.5) is 0 Å². The molecular weight excluding hydrogens is 388 g/mol. The van der Waals surface area contributed by atoms with Gasteiger partial charge in [0.1, 0.15) is 5.75 Å². The summed E-state index contributed by atoms with van der Waals surface area (Å²) < 4.78 is 5.78. The molecular formula is C26H30N2O3. The number of hydrogen-bond donors (Lipinski definition) is 1. The number of fused-ring (bicyclic) bond motifs is 1. The summed E-state index contributed by atoms with van der Waals surface area (Å²) in [6.45, 7) is 2.93. The number of carbonyl (C=O) groups excluding carboxylic acids is 1. The summed E-state index contributed by atoms with van der Waals surface area (Å²) in [5, 5.41) is 11.9. The summed E-state index contributed by atoms with van der Waals surface area (Å²) >= 11 is 0. The molecule has 1 fully saturated rings. The van der Waals surface area contributed by atoms with Gasteiger partial charge in [-0.15, -0.1) is 0 Å². The Labute approximate surface area is 183 Å². The fraction of sp³-hybridized carbons (Fsp3) is 0.346. The van der Waals surface area contributed by atoms with E-state index in [-0.39, 0.29) is 17.8 Å². The van der Waals surface area contributed by atoms with E-state index in [0.29, 0.717) is 18.7 Å². The molecule has 0 spiro atoms. The largest absolute Gasteiger partial charge is 0.508 e. The third-order valence-electron chi connectivity index (χ3n) is 5.82. The number of hydrogen-bond acceptors (Lipinski definition) is 4. The van der Waals surface area contributed by atoms with Gasteiger partial charge in [-0.05, 0) is 79.2 Å². The molecule has 1 aliphatic rings. The maximum Gasteiger partial charge on any atom is 0.254 e. The number of rotatable bonds is 7. The molecule has 0 aromatic heterocycles. The van der Waals surface area contributed by atoms with Crippen molar-refractivity contribution in [3.8, 4) is 16.9 Å². The van der Waals surface area contributed by atoms with Crippen LogP contribution in [0.25, 0.3) is 21.9 Å². The molecule has 31 heavy (non-hydrogen) atoms. The van der Waals surface area contributed by atoms with Crippen molar-refractivity contribution in [3.05, 3.63) is 66.2 Å². The molecule has 1 aliphatic heterocycles. The van der Waals surface area contributed by atoms with Crippen LogP contribution in [0.15, 0.2) is 60.7 Å². The minimum absolute atomic E-state index is 0.0521. The zero-order chi connectivity index (χ0) is 21.8. The Morgan fingerprint density at radius 2 is 1.77 bits per heavy atom. The Morgan fingerprint density at radius 3 is 2.52 bits per heavy atom. The highest BCUT2D eigenvalue weighted by molar-refractivity contribution is 5.99. The van der Waals surface area contributed by atoms with Crippen LogP contribution in [0.1, 0.15) is 23.2 Å². The zero-order valence-corrected chi connectivity index (χ0v) is 18.3. The Balaban J connectivity index is 1.57. The van der Waals surface area contributed by atoms with Crippen LogP contribution in [-0.2, 0) is 4.74 Å². The van der Waals surface area contributed by atoms with Gasteiger partial charge in [0.15, 0.2) is 0 Å². The summed E-state index contributed by atoms with van der Waals surface area (Å²) in [6, 6.07) is 19.3. The average Bonchev–Trinajstić information content (AvgIpc) is 3.28. The van der Waals surface area contributed by atoms with Crippen LogP contribution in [0.5, 0.6) is 5.75 Å². The lowest BCUT2D eigenvalue weighted by Gasteiger charge is -2.27. The molecule has 3 aromatic rings. The molecule has 5 nitrogen and oxygen atoms in total. The van der Waals surface area contributed by atoms with E-state index in [2.05, 4.69) is 11.0 Å². The van der Waals surface area contributed by atoms with Crippen LogP contribution >= 0.6 is 0 Å². The molecule has 1 atom stereocenters. The van der Waals surface area contributed by atoms with Gasteiger partial charge in [0, 0.05) is 31.8 Å². The molecule has 0 radical (unpaired) electrons. The molecule has 3 aromatic carbocycles. The molecule has 0 aliphatic carbocycles. The third kappa shape index (κ3) is 5.24. The van der Waals surface area contributed by atoms with Crippen molar-refractivity contribution < 1.29 is 14.6 Å². The first kappa shape index (κ1) is 21.3. The lowest BCUT2D eigenvalue weighted by atomic mass is 9.99. The smallest absolute Gasteiger partial charge is 0.254 e. The predicted molar refractivity (Wildman–Crippen MR) is 124 cm³/mol. The fourth-order valence-corrected chi connectivity index (χ4v) is 4.06. The monoisotopic (exact) mass is 418 g/mol. The van der Waals surface area contributed by atoms with Crippen LogP contribution in [0.2, 0.25) is 0 Å².